The predicted octanol–water partition coefficient (Wildman–Crippen LogP) is 11.4. The maximum absolute atomic E-state index is 2.41. The zero-order valence-electron chi connectivity index (χ0n) is 24.6. The van der Waals surface area contributed by atoms with Crippen LogP contribution in [0.25, 0.3) is 55.0 Å². The second kappa shape index (κ2) is 10.3. The first-order valence-electron chi connectivity index (χ1n) is 15.4. The van der Waals surface area contributed by atoms with Crippen molar-refractivity contribution in [3.63, 3.8) is 0 Å². The van der Waals surface area contributed by atoms with Crippen molar-refractivity contribution in [3.8, 4) is 11.4 Å². The molecular weight excluding hydrogens is 546 g/mol. The maximum atomic E-state index is 2.41. The Morgan fingerprint density at radius 2 is 0.844 bits per heavy atom. The summed E-state index contributed by atoms with van der Waals surface area (Å²) < 4.78 is 4.78. The molecule has 2 aromatic heterocycles. The fraction of sp³-hybridized carbons (Fsp3) is 0. The highest BCUT2D eigenvalue weighted by Gasteiger charge is 2.22. The number of para-hydroxylation sites is 6. The lowest BCUT2D eigenvalue weighted by Gasteiger charge is -2.27. The van der Waals surface area contributed by atoms with Gasteiger partial charge in [0.25, 0.3) is 0 Å². The molecule has 0 spiro atoms. The van der Waals surface area contributed by atoms with Crippen LogP contribution in [0.4, 0.5) is 17.1 Å². The van der Waals surface area contributed by atoms with E-state index in [0.717, 1.165) is 28.4 Å². The molecule has 2 heterocycles. The lowest BCUT2D eigenvalue weighted by Crippen LogP contribution is -2.11. The van der Waals surface area contributed by atoms with Crippen LogP contribution >= 0.6 is 0 Å². The Balaban J connectivity index is 1.36. The highest BCUT2D eigenvalue weighted by Crippen LogP contribution is 2.44. The van der Waals surface area contributed by atoms with Gasteiger partial charge in [-0.2, -0.15) is 0 Å². The Morgan fingerprint density at radius 3 is 1.53 bits per heavy atom. The molecule has 0 fully saturated rings. The van der Waals surface area contributed by atoms with Crippen molar-refractivity contribution in [1.82, 2.24) is 9.13 Å². The van der Waals surface area contributed by atoms with Gasteiger partial charge in [0.1, 0.15) is 0 Å². The van der Waals surface area contributed by atoms with Crippen molar-refractivity contribution in [2.45, 2.75) is 0 Å². The molecule has 0 unspecified atom stereocenters. The highest BCUT2D eigenvalue weighted by molar-refractivity contribution is 6.15. The van der Waals surface area contributed by atoms with E-state index in [0.29, 0.717) is 0 Å². The van der Waals surface area contributed by atoms with E-state index in [1.165, 1.54) is 43.6 Å². The van der Waals surface area contributed by atoms with Crippen LogP contribution in [0, 0.1) is 0 Å². The first-order valence-corrected chi connectivity index (χ1v) is 15.4. The number of anilines is 3. The minimum atomic E-state index is 1.11. The SMILES string of the molecule is c1ccc(N(c2ccc3c(c2)c2ccccc2n3-c2ccccc2)c2cccc3c4ccccc4n(-c4ccccc4)c23)cc1. The summed E-state index contributed by atoms with van der Waals surface area (Å²) in [6, 6.07) is 63.1. The molecule has 45 heavy (non-hydrogen) atoms. The molecule has 0 N–H and O–H groups in total. The zero-order chi connectivity index (χ0) is 29.7. The molecular formula is C42H29N3. The fourth-order valence-corrected chi connectivity index (χ4v) is 6.99. The molecule has 0 aliphatic heterocycles. The average Bonchev–Trinajstić information content (AvgIpc) is 3.63. The monoisotopic (exact) mass is 575 g/mol. The van der Waals surface area contributed by atoms with Gasteiger partial charge in [0.05, 0.1) is 27.8 Å². The number of hydrogen-bond acceptors (Lipinski definition) is 1. The van der Waals surface area contributed by atoms with Gasteiger partial charge < -0.3 is 14.0 Å². The molecule has 7 aromatic carbocycles. The van der Waals surface area contributed by atoms with E-state index in [1.807, 2.05) is 0 Å². The summed E-state index contributed by atoms with van der Waals surface area (Å²) in [6.07, 6.45) is 0. The van der Waals surface area contributed by atoms with Crippen molar-refractivity contribution in [3.05, 3.63) is 176 Å². The van der Waals surface area contributed by atoms with E-state index in [4.69, 9.17) is 0 Å². The summed E-state index contributed by atoms with van der Waals surface area (Å²) in [6.45, 7) is 0. The molecule has 0 saturated carbocycles. The van der Waals surface area contributed by atoms with Crippen molar-refractivity contribution < 1.29 is 0 Å². The van der Waals surface area contributed by atoms with Gasteiger partial charge >= 0.3 is 0 Å². The van der Waals surface area contributed by atoms with Gasteiger partial charge in [0.15, 0.2) is 0 Å². The quantitative estimate of drug-likeness (QED) is 0.199. The van der Waals surface area contributed by atoms with Crippen molar-refractivity contribution >= 4 is 60.7 Å². The van der Waals surface area contributed by atoms with Gasteiger partial charge in [-0.1, -0.05) is 103 Å². The number of rotatable bonds is 5. The first-order chi connectivity index (χ1) is 22.4. The summed E-state index contributed by atoms with van der Waals surface area (Å²) >= 11 is 0. The third-order valence-corrected chi connectivity index (χ3v) is 8.87. The van der Waals surface area contributed by atoms with Crippen LogP contribution in [0.5, 0.6) is 0 Å². The molecule has 212 valence electrons. The maximum Gasteiger partial charge on any atom is 0.0782 e. The third kappa shape index (κ3) is 3.98. The van der Waals surface area contributed by atoms with E-state index >= 15 is 0 Å². The molecule has 0 radical (unpaired) electrons. The number of hydrogen-bond donors (Lipinski definition) is 0. The van der Waals surface area contributed by atoms with Gasteiger partial charge in [-0.3, -0.25) is 0 Å². The summed E-state index contributed by atoms with van der Waals surface area (Å²) in [5.74, 6) is 0. The number of fused-ring (bicyclic) bond motifs is 6. The molecule has 0 saturated heterocycles. The normalized spacial score (nSPS) is 11.6. The topological polar surface area (TPSA) is 13.1 Å². The minimum absolute atomic E-state index is 1.11. The predicted molar refractivity (Wildman–Crippen MR) is 190 cm³/mol. The molecule has 0 atom stereocenters. The first kappa shape index (κ1) is 25.4. The van der Waals surface area contributed by atoms with Gasteiger partial charge in [0.2, 0.25) is 0 Å². The standard InChI is InChI=1S/C42H29N3/c1-4-15-30(16-5-1)43(33-27-28-40-37(29-33)35-22-11-12-24-38(35)44(40)31-17-6-2-7-18-31)41-26-14-23-36-34-21-10-13-25-39(34)45(42(36)41)32-19-8-3-9-20-32/h1-29H. The minimum Gasteiger partial charge on any atom is -0.309 e. The number of benzene rings is 7. The molecule has 3 nitrogen and oxygen atoms in total. The van der Waals surface area contributed by atoms with E-state index in [-0.39, 0.29) is 0 Å². The summed E-state index contributed by atoms with van der Waals surface area (Å²) in [5.41, 5.74) is 10.4. The van der Waals surface area contributed by atoms with Crippen LogP contribution in [-0.4, -0.2) is 9.13 Å². The average molecular weight is 576 g/mol. The molecule has 9 aromatic rings. The van der Waals surface area contributed by atoms with Crippen LogP contribution < -0.4 is 4.90 Å². The second-order valence-electron chi connectivity index (χ2n) is 11.4. The molecule has 0 amide bonds. The highest BCUT2D eigenvalue weighted by atomic mass is 15.2. The van der Waals surface area contributed by atoms with Gasteiger partial charge in [-0.05, 0) is 72.8 Å². The van der Waals surface area contributed by atoms with Crippen LogP contribution in [-0.2, 0) is 0 Å². The largest absolute Gasteiger partial charge is 0.309 e. The Labute approximate surface area is 261 Å². The summed E-state index contributed by atoms with van der Waals surface area (Å²) in [7, 11) is 0. The van der Waals surface area contributed by atoms with Gasteiger partial charge in [-0.25, -0.2) is 0 Å². The van der Waals surface area contributed by atoms with Crippen molar-refractivity contribution in [2.75, 3.05) is 4.90 Å². The van der Waals surface area contributed by atoms with Crippen LogP contribution in [0.15, 0.2) is 176 Å². The fourth-order valence-electron chi connectivity index (χ4n) is 6.99. The third-order valence-electron chi connectivity index (χ3n) is 8.87. The number of nitrogens with zero attached hydrogens (tertiary/aromatic N) is 3. The molecule has 0 aliphatic rings. The summed E-state index contributed by atoms with van der Waals surface area (Å²) in [4.78, 5) is 2.41. The van der Waals surface area contributed by atoms with Gasteiger partial charge in [0, 0.05) is 44.3 Å². The van der Waals surface area contributed by atoms with E-state index < -0.39 is 0 Å². The van der Waals surface area contributed by atoms with Crippen LogP contribution in [0.2, 0.25) is 0 Å². The lowest BCUT2D eigenvalue weighted by atomic mass is 10.1. The number of aromatic nitrogens is 2. The molecule has 3 heteroatoms. The Bertz CT molecular complexity index is 2470. The van der Waals surface area contributed by atoms with E-state index in [1.54, 1.807) is 0 Å². The van der Waals surface area contributed by atoms with Gasteiger partial charge in [-0.15, -0.1) is 0 Å². The zero-order valence-corrected chi connectivity index (χ0v) is 24.6. The Kier molecular flexibility index (Phi) is 5.82. The Hall–Kier alpha value is -6.06. The Morgan fingerprint density at radius 1 is 0.333 bits per heavy atom. The van der Waals surface area contributed by atoms with Crippen molar-refractivity contribution in [1.29, 1.82) is 0 Å². The lowest BCUT2D eigenvalue weighted by molar-refractivity contribution is 1.16. The van der Waals surface area contributed by atoms with E-state index in [9.17, 15) is 0 Å². The molecule has 9 rings (SSSR count). The molecule has 0 aliphatic carbocycles. The smallest absolute Gasteiger partial charge is 0.0782 e. The summed E-state index contributed by atoms with van der Waals surface area (Å²) in [5, 5.41) is 4.94. The van der Waals surface area contributed by atoms with Crippen LogP contribution in [0.3, 0.4) is 0 Å². The van der Waals surface area contributed by atoms with Crippen LogP contribution in [0.1, 0.15) is 0 Å². The van der Waals surface area contributed by atoms with E-state index in [2.05, 4.69) is 190 Å². The van der Waals surface area contributed by atoms with Crippen molar-refractivity contribution in [2.24, 2.45) is 0 Å². The second-order valence-corrected chi connectivity index (χ2v) is 11.4. The molecule has 0 bridgehead atoms.